The molecule has 15 heavy (non-hydrogen) atoms. The van der Waals surface area contributed by atoms with E-state index in [-0.39, 0.29) is 30.1 Å². The van der Waals surface area contributed by atoms with Gasteiger partial charge in [0.25, 0.3) is 0 Å². The fourth-order valence-electron chi connectivity index (χ4n) is 1.45. The van der Waals surface area contributed by atoms with E-state index in [0.29, 0.717) is 0 Å². The van der Waals surface area contributed by atoms with E-state index in [2.05, 4.69) is 4.74 Å². The van der Waals surface area contributed by atoms with Gasteiger partial charge in [0.05, 0.1) is 12.9 Å². The van der Waals surface area contributed by atoms with Crippen LogP contribution in [0.15, 0.2) is 0 Å². The summed E-state index contributed by atoms with van der Waals surface area (Å²) >= 11 is 1.29. The van der Waals surface area contributed by atoms with Crippen molar-refractivity contribution in [3.8, 4) is 0 Å². The Morgan fingerprint density at radius 2 is 2.27 bits per heavy atom. The van der Waals surface area contributed by atoms with Crippen LogP contribution < -0.4 is 0 Å². The van der Waals surface area contributed by atoms with Gasteiger partial charge in [0.15, 0.2) is 5.78 Å². The number of carbonyl (C=O) groups excluding carboxylic acids is 2. The molecule has 1 fully saturated rings. The zero-order chi connectivity index (χ0) is 11.5. The molecular weight excluding hydrogens is 220 g/mol. The number of methoxy groups -OCH3 is 1. The molecule has 1 heterocycles. The zero-order valence-corrected chi connectivity index (χ0v) is 9.13. The molecule has 5 nitrogen and oxygen atoms in total. The van der Waals surface area contributed by atoms with Gasteiger partial charge in [-0.1, -0.05) is 0 Å². The molecule has 1 aliphatic rings. The minimum Gasteiger partial charge on any atom is -0.480 e. The van der Waals surface area contributed by atoms with Crippen molar-refractivity contribution in [3.63, 3.8) is 0 Å². The molecule has 0 radical (unpaired) electrons. The Bertz CT molecular complexity index is 301. The second-order valence-electron chi connectivity index (χ2n) is 3.38. The first-order valence-corrected chi connectivity index (χ1v) is 5.59. The number of carbonyl (C=O) groups is 3. The third-order valence-electron chi connectivity index (χ3n) is 2.51. The molecule has 0 spiro atoms. The van der Waals surface area contributed by atoms with Gasteiger partial charge in [-0.05, 0) is 6.42 Å². The van der Waals surface area contributed by atoms with Crippen LogP contribution in [-0.2, 0) is 19.1 Å². The van der Waals surface area contributed by atoms with Gasteiger partial charge in [0.2, 0.25) is 0 Å². The Labute approximate surface area is 91.2 Å². The van der Waals surface area contributed by atoms with Crippen LogP contribution in [0, 0.1) is 5.41 Å². The number of Topliss-reactive ketones (excluding diaryl/α,β-unsaturated/α-hetero) is 1. The zero-order valence-electron chi connectivity index (χ0n) is 8.32. The molecule has 0 aromatic rings. The van der Waals surface area contributed by atoms with E-state index in [1.54, 1.807) is 0 Å². The van der Waals surface area contributed by atoms with E-state index in [1.165, 1.54) is 18.9 Å². The Kier molecular flexibility index (Phi) is 3.73. The maximum absolute atomic E-state index is 11.5. The summed E-state index contributed by atoms with van der Waals surface area (Å²) in [5, 5.41) is 9.03. The number of aliphatic carboxylic acids is 1. The lowest BCUT2D eigenvalue weighted by molar-refractivity contribution is -0.153. The van der Waals surface area contributed by atoms with Gasteiger partial charge in [0, 0.05) is 12.2 Å². The fourth-order valence-corrected chi connectivity index (χ4v) is 2.79. The monoisotopic (exact) mass is 232 g/mol. The highest BCUT2D eigenvalue weighted by atomic mass is 32.2. The van der Waals surface area contributed by atoms with E-state index < -0.39 is 17.4 Å². The Balaban J connectivity index is 2.71. The number of carboxylic acid groups (broad SMARTS) is 1. The quantitative estimate of drug-likeness (QED) is 0.555. The van der Waals surface area contributed by atoms with Gasteiger partial charge in [-0.25, -0.2) is 0 Å². The van der Waals surface area contributed by atoms with Gasteiger partial charge >= 0.3 is 11.9 Å². The molecule has 84 valence electrons. The van der Waals surface area contributed by atoms with E-state index in [0.717, 1.165) is 0 Å². The van der Waals surface area contributed by atoms with Crippen LogP contribution in [-0.4, -0.2) is 41.4 Å². The molecule has 1 atom stereocenters. The Morgan fingerprint density at radius 1 is 1.60 bits per heavy atom. The number of ether oxygens (including phenoxy) is 1. The third kappa shape index (κ3) is 2.31. The predicted octanol–water partition coefficient (Wildman–Crippen LogP) is 0.326. The highest BCUT2D eigenvalue weighted by Crippen LogP contribution is 2.37. The lowest BCUT2D eigenvalue weighted by Crippen LogP contribution is -2.39. The van der Waals surface area contributed by atoms with Crippen LogP contribution in [0.3, 0.4) is 0 Å². The molecule has 1 rings (SSSR count). The number of thioether (sulfide) groups is 1. The second kappa shape index (κ2) is 4.65. The Morgan fingerprint density at radius 3 is 2.67 bits per heavy atom. The molecule has 1 N–H and O–H groups in total. The molecule has 0 bridgehead atoms. The number of esters is 1. The molecular formula is C9H12O5S. The molecule has 0 aromatic heterocycles. The average Bonchev–Trinajstić information content (AvgIpc) is 2.57. The molecule has 0 aromatic carbocycles. The molecule has 0 aliphatic carbocycles. The topological polar surface area (TPSA) is 80.7 Å². The lowest BCUT2D eigenvalue weighted by Gasteiger charge is -2.20. The van der Waals surface area contributed by atoms with Crippen LogP contribution in [0.5, 0.6) is 0 Å². The summed E-state index contributed by atoms with van der Waals surface area (Å²) in [5.41, 5.74) is -1.38. The van der Waals surface area contributed by atoms with Crippen LogP contribution in [0.25, 0.3) is 0 Å². The van der Waals surface area contributed by atoms with Crippen molar-refractivity contribution < 1.29 is 24.2 Å². The SMILES string of the molecule is COC(=O)CCC1(C(=O)O)CSCC1=O. The first-order chi connectivity index (χ1) is 7.03. The summed E-state index contributed by atoms with van der Waals surface area (Å²) in [5.74, 6) is -1.46. The summed E-state index contributed by atoms with van der Waals surface area (Å²) in [4.78, 5) is 33.4. The molecule has 1 unspecified atom stereocenters. The van der Waals surface area contributed by atoms with Gasteiger partial charge in [-0.3, -0.25) is 14.4 Å². The Hall–Kier alpha value is -1.04. The average molecular weight is 232 g/mol. The van der Waals surface area contributed by atoms with Crippen molar-refractivity contribution in [1.29, 1.82) is 0 Å². The fraction of sp³-hybridized carbons (Fsp3) is 0.667. The summed E-state index contributed by atoms with van der Waals surface area (Å²) in [7, 11) is 1.24. The highest BCUT2D eigenvalue weighted by molar-refractivity contribution is 8.00. The van der Waals surface area contributed by atoms with Crippen molar-refractivity contribution in [2.75, 3.05) is 18.6 Å². The van der Waals surface area contributed by atoms with Crippen LogP contribution in [0.4, 0.5) is 0 Å². The lowest BCUT2D eigenvalue weighted by atomic mass is 9.82. The third-order valence-corrected chi connectivity index (χ3v) is 3.67. The van der Waals surface area contributed by atoms with Gasteiger partial charge < -0.3 is 9.84 Å². The number of rotatable bonds is 4. The molecule has 0 saturated carbocycles. The highest BCUT2D eigenvalue weighted by Gasteiger charge is 2.49. The summed E-state index contributed by atoms with van der Waals surface area (Å²) in [6.45, 7) is 0. The van der Waals surface area contributed by atoms with E-state index in [1.807, 2.05) is 0 Å². The van der Waals surface area contributed by atoms with Crippen LogP contribution in [0.1, 0.15) is 12.8 Å². The van der Waals surface area contributed by atoms with Gasteiger partial charge in [-0.15, -0.1) is 0 Å². The number of hydrogen-bond donors (Lipinski definition) is 1. The summed E-state index contributed by atoms with van der Waals surface area (Å²) in [6.07, 6.45) is -0.00403. The van der Waals surface area contributed by atoms with Crippen molar-refractivity contribution in [3.05, 3.63) is 0 Å². The minimum absolute atomic E-state index is 0.0286. The largest absolute Gasteiger partial charge is 0.480 e. The predicted molar refractivity (Wildman–Crippen MR) is 53.7 cm³/mol. The first-order valence-electron chi connectivity index (χ1n) is 4.44. The first kappa shape index (κ1) is 12.0. The van der Waals surface area contributed by atoms with E-state index in [4.69, 9.17) is 5.11 Å². The van der Waals surface area contributed by atoms with Crippen molar-refractivity contribution in [2.24, 2.45) is 5.41 Å². The maximum Gasteiger partial charge on any atom is 0.318 e. The van der Waals surface area contributed by atoms with Crippen molar-refractivity contribution >= 4 is 29.5 Å². The smallest absolute Gasteiger partial charge is 0.318 e. The number of ketones is 1. The molecule has 6 heteroatoms. The summed E-state index contributed by atoms with van der Waals surface area (Å²) < 4.78 is 4.42. The van der Waals surface area contributed by atoms with Crippen LogP contribution >= 0.6 is 11.8 Å². The summed E-state index contributed by atoms with van der Waals surface area (Å²) in [6, 6.07) is 0. The standard InChI is InChI=1S/C9H12O5S/c1-14-7(11)2-3-9(8(12)13)5-15-4-6(9)10/h2-5H2,1H3,(H,12,13). The second-order valence-corrected chi connectivity index (χ2v) is 4.36. The minimum atomic E-state index is -1.38. The van der Waals surface area contributed by atoms with Gasteiger partial charge in [0.1, 0.15) is 5.41 Å². The van der Waals surface area contributed by atoms with Gasteiger partial charge in [-0.2, -0.15) is 11.8 Å². The number of hydrogen-bond acceptors (Lipinski definition) is 5. The van der Waals surface area contributed by atoms with E-state index in [9.17, 15) is 14.4 Å². The van der Waals surface area contributed by atoms with E-state index >= 15 is 0 Å². The van der Waals surface area contributed by atoms with Crippen molar-refractivity contribution in [1.82, 2.24) is 0 Å². The maximum atomic E-state index is 11.5. The molecule has 0 amide bonds. The van der Waals surface area contributed by atoms with Crippen molar-refractivity contribution in [2.45, 2.75) is 12.8 Å². The molecule has 1 saturated heterocycles. The van der Waals surface area contributed by atoms with Crippen LogP contribution in [0.2, 0.25) is 0 Å². The number of carboxylic acids is 1. The molecule has 1 aliphatic heterocycles. The normalized spacial score (nSPS) is 25.3.